The van der Waals surface area contributed by atoms with E-state index in [0.29, 0.717) is 10.0 Å². The minimum absolute atomic E-state index is 0.0409. The first-order valence-corrected chi connectivity index (χ1v) is 6.75. The molecule has 98 valence electrons. The maximum Gasteiger partial charge on any atom is 0.265 e. The molecule has 1 aliphatic rings. The van der Waals surface area contributed by atoms with E-state index < -0.39 is 0 Å². The third-order valence-electron chi connectivity index (χ3n) is 2.89. The van der Waals surface area contributed by atoms with Gasteiger partial charge in [0.05, 0.1) is 6.20 Å². The van der Waals surface area contributed by atoms with Crippen LogP contribution in [0.1, 0.15) is 16.6 Å². The molecule has 0 aromatic carbocycles. The molecule has 0 aliphatic carbocycles. The summed E-state index contributed by atoms with van der Waals surface area (Å²) in [6.45, 7) is 10.1. The molecule has 0 atom stereocenters. The number of carbonyl (C=O) groups is 1. The van der Waals surface area contributed by atoms with Crippen molar-refractivity contribution in [1.29, 1.82) is 0 Å². The van der Waals surface area contributed by atoms with Gasteiger partial charge in [-0.05, 0) is 6.92 Å². The van der Waals surface area contributed by atoms with Gasteiger partial charge in [-0.25, -0.2) is 4.98 Å². The lowest BCUT2D eigenvalue weighted by Gasteiger charge is -2.34. The molecule has 1 aromatic rings. The summed E-state index contributed by atoms with van der Waals surface area (Å²) in [6.07, 6.45) is 1.56. The van der Waals surface area contributed by atoms with E-state index >= 15 is 0 Å². The molecule has 18 heavy (non-hydrogen) atoms. The Morgan fingerprint density at radius 3 is 2.67 bits per heavy atom. The summed E-state index contributed by atoms with van der Waals surface area (Å²) in [5, 5.41) is 0.444. The summed E-state index contributed by atoms with van der Waals surface area (Å²) in [5.41, 5.74) is 6.70. The van der Waals surface area contributed by atoms with Crippen LogP contribution in [0.15, 0.2) is 18.3 Å². The fourth-order valence-corrected chi connectivity index (χ4v) is 2.69. The van der Waals surface area contributed by atoms with Crippen molar-refractivity contribution in [2.24, 2.45) is 0 Å². The zero-order chi connectivity index (χ0) is 13.1. The number of anilines is 1. The van der Waals surface area contributed by atoms with Crippen molar-refractivity contribution in [3.63, 3.8) is 0 Å². The summed E-state index contributed by atoms with van der Waals surface area (Å²) in [5.74, 6) is 0.0409. The molecule has 5 nitrogen and oxygen atoms in total. The Morgan fingerprint density at radius 2 is 2.17 bits per heavy atom. The fraction of sp³-hybridized carbons (Fsp3) is 0.500. The molecule has 2 N–H and O–H groups in total. The van der Waals surface area contributed by atoms with Crippen LogP contribution in [-0.4, -0.2) is 53.4 Å². The monoisotopic (exact) mass is 266 g/mol. The van der Waals surface area contributed by atoms with Crippen molar-refractivity contribution in [3.8, 4) is 0 Å². The number of aromatic nitrogens is 1. The van der Waals surface area contributed by atoms with Gasteiger partial charge >= 0.3 is 0 Å². The van der Waals surface area contributed by atoms with Gasteiger partial charge in [0.25, 0.3) is 5.91 Å². The molecule has 2 heterocycles. The summed E-state index contributed by atoms with van der Waals surface area (Å²) >= 11 is 1.25. The molecule has 1 saturated heterocycles. The van der Waals surface area contributed by atoms with Gasteiger partial charge in [-0.2, -0.15) is 0 Å². The lowest BCUT2D eigenvalue weighted by Crippen LogP contribution is -2.48. The van der Waals surface area contributed by atoms with Crippen LogP contribution in [0.2, 0.25) is 0 Å². The van der Waals surface area contributed by atoms with E-state index in [1.807, 2.05) is 11.8 Å². The minimum Gasteiger partial charge on any atom is -0.375 e. The predicted octanol–water partition coefficient (Wildman–Crippen LogP) is 1.06. The number of thiazole rings is 1. The molecule has 2 rings (SSSR count). The first-order chi connectivity index (χ1) is 8.56. The van der Waals surface area contributed by atoms with Gasteiger partial charge in [0.15, 0.2) is 5.13 Å². The minimum atomic E-state index is 0.0409. The van der Waals surface area contributed by atoms with Crippen LogP contribution in [0.5, 0.6) is 0 Å². The smallest absolute Gasteiger partial charge is 0.265 e. The molecule has 0 radical (unpaired) electrons. The Balaban J connectivity index is 1.90. The summed E-state index contributed by atoms with van der Waals surface area (Å²) in [6, 6.07) is 0. The van der Waals surface area contributed by atoms with Crippen LogP contribution in [-0.2, 0) is 0 Å². The van der Waals surface area contributed by atoms with Gasteiger partial charge in [-0.15, -0.1) is 0 Å². The number of hydrogen-bond acceptors (Lipinski definition) is 5. The number of nitrogens with two attached hydrogens (primary N) is 1. The van der Waals surface area contributed by atoms with Crippen LogP contribution < -0.4 is 5.73 Å². The van der Waals surface area contributed by atoms with Crippen molar-refractivity contribution < 1.29 is 4.79 Å². The number of nitrogens with zero attached hydrogens (tertiary/aromatic N) is 3. The highest BCUT2D eigenvalue weighted by Crippen LogP contribution is 2.17. The Labute approximate surface area is 111 Å². The lowest BCUT2D eigenvalue weighted by molar-refractivity contribution is 0.0652. The second-order valence-electron chi connectivity index (χ2n) is 4.59. The van der Waals surface area contributed by atoms with E-state index in [1.54, 1.807) is 6.20 Å². The van der Waals surface area contributed by atoms with Gasteiger partial charge in [0.2, 0.25) is 0 Å². The highest BCUT2D eigenvalue weighted by atomic mass is 32.1. The number of amides is 1. The Bertz CT molecular complexity index is 449. The highest BCUT2D eigenvalue weighted by Gasteiger charge is 2.23. The van der Waals surface area contributed by atoms with Gasteiger partial charge in [-0.3, -0.25) is 9.69 Å². The summed E-state index contributed by atoms with van der Waals surface area (Å²) < 4.78 is 0. The van der Waals surface area contributed by atoms with E-state index in [-0.39, 0.29) is 5.91 Å². The molecule has 1 fully saturated rings. The lowest BCUT2D eigenvalue weighted by atomic mass is 10.2. The van der Waals surface area contributed by atoms with Gasteiger partial charge in [0, 0.05) is 32.7 Å². The van der Waals surface area contributed by atoms with E-state index in [2.05, 4.69) is 16.5 Å². The molecule has 0 spiro atoms. The van der Waals surface area contributed by atoms with Gasteiger partial charge in [0.1, 0.15) is 4.88 Å². The fourth-order valence-electron chi connectivity index (χ4n) is 2.03. The zero-order valence-electron chi connectivity index (χ0n) is 10.6. The second-order valence-corrected chi connectivity index (χ2v) is 5.65. The normalized spacial score (nSPS) is 16.8. The van der Waals surface area contributed by atoms with Crippen molar-refractivity contribution in [1.82, 2.24) is 14.8 Å². The Morgan fingerprint density at radius 1 is 1.50 bits per heavy atom. The zero-order valence-corrected chi connectivity index (χ0v) is 11.4. The van der Waals surface area contributed by atoms with E-state index in [9.17, 15) is 4.79 Å². The van der Waals surface area contributed by atoms with Crippen molar-refractivity contribution in [2.45, 2.75) is 6.92 Å². The van der Waals surface area contributed by atoms with Crippen molar-refractivity contribution in [2.75, 3.05) is 38.5 Å². The summed E-state index contributed by atoms with van der Waals surface area (Å²) in [7, 11) is 0. The molecular formula is C12H18N4OS. The molecule has 0 unspecified atom stereocenters. The van der Waals surface area contributed by atoms with Crippen LogP contribution >= 0.6 is 11.3 Å². The largest absolute Gasteiger partial charge is 0.375 e. The van der Waals surface area contributed by atoms with E-state index in [0.717, 1.165) is 38.3 Å². The molecule has 0 bridgehead atoms. The maximum atomic E-state index is 12.1. The SMILES string of the molecule is C=C(C)CN1CCN(C(=O)c2cnc(N)s2)CC1. The Kier molecular flexibility index (Phi) is 3.98. The molecule has 1 amide bonds. The standard InChI is InChI=1S/C12H18N4OS/c1-9(2)8-15-3-5-16(6-4-15)11(17)10-7-14-12(13)18-10/h7H,1,3-6,8H2,2H3,(H2,13,14). The molecule has 1 aromatic heterocycles. The first-order valence-electron chi connectivity index (χ1n) is 5.93. The first kappa shape index (κ1) is 13.0. The molecule has 6 heteroatoms. The Hall–Kier alpha value is -1.40. The van der Waals surface area contributed by atoms with E-state index in [4.69, 9.17) is 5.73 Å². The quantitative estimate of drug-likeness (QED) is 0.831. The predicted molar refractivity (Wildman–Crippen MR) is 73.7 cm³/mol. The maximum absolute atomic E-state index is 12.1. The number of nitrogen functional groups attached to an aromatic ring is 1. The second kappa shape index (κ2) is 5.49. The average Bonchev–Trinajstić information content (AvgIpc) is 2.75. The van der Waals surface area contributed by atoms with Crippen LogP contribution in [0, 0.1) is 0 Å². The topological polar surface area (TPSA) is 62.5 Å². The molecule has 0 saturated carbocycles. The summed E-state index contributed by atoms with van der Waals surface area (Å²) in [4.78, 5) is 20.9. The third-order valence-corrected chi connectivity index (χ3v) is 3.70. The van der Waals surface area contributed by atoms with Gasteiger partial charge in [-0.1, -0.05) is 23.5 Å². The van der Waals surface area contributed by atoms with Crippen LogP contribution in [0.25, 0.3) is 0 Å². The van der Waals surface area contributed by atoms with Crippen molar-refractivity contribution >= 4 is 22.4 Å². The number of carbonyl (C=O) groups excluding carboxylic acids is 1. The molecule has 1 aliphatic heterocycles. The van der Waals surface area contributed by atoms with Crippen LogP contribution in [0.3, 0.4) is 0 Å². The average molecular weight is 266 g/mol. The van der Waals surface area contributed by atoms with Gasteiger partial charge < -0.3 is 10.6 Å². The number of rotatable bonds is 3. The number of hydrogen-bond donors (Lipinski definition) is 1. The van der Waals surface area contributed by atoms with Crippen molar-refractivity contribution in [3.05, 3.63) is 23.2 Å². The highest BCUT2D eigenvalue weighted by molar-refractivity contribution is 7.17. The number of piperazine rings is 1. The molecular weight excluding hydrogens is 248 g/mol. The van der Waals surface area contributed by atoms with E-state index in [1.165, 1.54) is 11.3 Å². The van der Waals surface area contributed by atoms with Crippen LogP contribution in [0.4, 0.5) is 5.13 Å². The third kappa shape index (κ3) is 3.08.